The van der Waals surface area contributed by atoms with Crippen LogP contribution in [0.3, 0.4) is 0 Å². The van der Waals surface area contributed by atoms with Crippen molar-refractivity contribution in [3.05, 3.63) is 54.6 Å². The van der Waals surface area contributed by atoms with Crippen molar-refractivity contribution >= 4 is 21.9 Å². The van der Waals surface area contributed by atoms with Crippen LogP contribution in [0, 0.1) is 10.8 Å². The molecule has 0 unspecified atom stereocenters. The van der Waals surface area contributed by atoms with E-state index in [0.29, 0.717) is 5.75 Å². The summed E-state index contributed by atoms with van der Waals surface area (Å²) in [6, 6.07) is 16.9. The van der Waals surface area contributed by atoms with Crippen molar-refractivity contribution in [1.82, 2.24) is 0 Å². The number of rotatable bonds is 6. The number of carbonyl (C=O) groups is 1. The lowest BCUT2D eigenvalue weighted by Gasteiger charge is -2.32. The third-order valence-corrected chi connectivity index (χ3v) is 4.04. The fraction of sp³-hybridized carbons (Fsp3) is 0.450. The lowest BCUT2D eigenvalue weighted by molar-refractivity contribution is -0.145. The maximum Gasteiger partial charge on any atom is 0.316 e. The van der Waals surface area contributed by atoms with Crippen LogP contribution in [0.15, 0.2) is 54.6 Å². The first kappa shape index (κ1) is 19.7. The van der Waals surface area contributed by atoms with E-state index in [-0.39, 0.29) is 11.4 Å². The molecule has 1 aromatic carbocycles. The van der Waals surface area contributed by atoms with Crippen LogP contribution < -0.4 is 4.74 Å². The molecule has 0 bridgehead atoms. The minimum Gasteiger partial charge on any atom is -0.426 e. The molecule has 0 aromatic heterocycles. The average molecular weight is 379 g/mol. The first-order chi connectivity index (χ1) is 10.8. The van der Waals surface area contributed by atoms with E-state index in [1.165, 1.54) is 0 Å². The van der Waals surface area contributed by atoms with E-state index < -0.39 is 5.41 Å². The predicted octanol–water partition coefficient (Wildman–Crippen LogP) is 5.94. The zero-order valence-corrected chi connectivity index (χ0v) is 16.1. The van der Waals surface area contributed by atoms with Gasteiger partial charge in [-0.15, -0.1) is 0 Å². The number of alkyl halides is 1. The van der Waals surface area contributed by atoms with E-state index in [0.717, 1.165) is 18.2 Å². The van der Waals surface area contributed by atoms with E-state index >= 15 is 0 Å². The van der Waals surface area contributed by atoms with Crippen LogP contribution in [-0.4, -0.2) is 11.3 Å². The second-order valence-corrected chi connectivity index (χ2v) is 7.93. The highest BCUT2D eigenvalue weighted by atomic mass is 79.9. The van der Waals surface area contributed by atoms with Crippen molar-refractivity contribution in [2.45, 2.75) is 40.5 Å². The number of hydrogen-bond acceptors (Lipinski definition) is 2. The Labute approximate surface area is 148 Å². The van der Waals surface area contributed by atoms with Crippen molar-refractivity contribution < 1.29 is 9.53 Å². The van der Waals surface area contributed by atoms with Gasteiger partial charge in [-0.1, -0.05) is 72.2 Å². The van der Waals surface area contributed by atoms with Gasteiger partial charge in [-0.3, -0.25) is 4.79 Å². The summed E-state index contributed by atoms with van der Waals surface area (Å²) in [5.41, 5.74) is -0.449. The largest absolute Gasteiger partial charge is 0.426 e. The molecule has 0 saturated carbocycles. The topological polar surface area (TPSA) is 26.3 Å². The predicted molar refractivity (Wildman–Crippen MR) is 100 cm³/mol. The summed E-state index contributed by atoms with van der Waals surface area (Å²) >= 11 is 3.49. The minimum absolute atomic E-state index is 0.0833. The molecule has 0 amide bonds. The van der Waals surface area contributed by atoms with Gasteiger partial charge in [-0.25, -0.2) is 0 Å². The Bertz CT molecular complexity index is 538. The number of carbonyl (C=O) groups excluding carboxylic acids is 1. The molecule has 2 nitrogen and oxygen atoms in total. The molecule has 0 aliphatic heterocycles. The standard InChI is InChI=1S/C20H27BrO2/c1-19(2,14-15-21)16-20(3,4)18(22)23-17-12-10-8-6-5-7-9-11-13-17/h5-13H,14-16H2,1-4H3. The highest BCUT2D eigenvalue weighted by molar-refractivity contribution is 9.09. The van der Waals surface area contributed by atoms with E-state index in [1.54, 1.807) is 12.1 Å². The van der Waals surface area contributed by atoms with Crippen LogP contribution in [0.4, 0.5) is 0 Å². The molecule has 0 radical (unpaired) electrons. The van der Waals surface area contributed by atoms with Crippen molar-refractivity contribution in [3.63, 3.8) is 0 Å². The molecule has 0 heterocycles. The third-order valence-electron chi connectivity index (χ3n) is 3.64. The van der Waals surface area contributed by atoms with Crippen LogP contribution in [0.5, 0.6) is 5.75 Å². The van der Waals surface area contributed by atoms with E-state index in [9.17, 15) is 4.79 Å². The molecular formula is C20H27BrO2. The first-order valence-corrected chi connectivity index (χ1v) is 9.06. The van der Waals surface area contributed by atoms with Gasteiger partial charge in [0.25, 0.3) is 0 Å². The van der Waals surface area contributed by atoms with Gasteiger partial charge in [0.2, 0.25) is 0 Å². The highest BCUT2D eigenvalue weighted by Gasteiger charge is 2.35. The van der Waals surface area contributed by atoms with Gasteiger partial charge < -0.3 is 4.74 Å². The average Bonchev–Trinajstić information content (AvgIpc) is 2.44. The zero-order chi connectivity index (χ0) is 17.3. The Kier molecular flexibility index (Phi) is 7.77. The Morgan fingerprint density at radius 3 is 1.91 bits per heavy atom. The van der Waals surface area contributed by atoms with Crippen LogP contribution >= 0.6 is 15.9 Å². The second kappa shape index (κ2) is 9.07. The normalized spacial score (nSPS) is 11.5. The SMILES string of the molecule is CC(C)(CCBr)CC(C)(C)C(=O)Oc1ccccccccc1. The van der Waals surface area contributed by atoms with Crippen LogP contribution in [-0.2, 0) is 4.79 Å². The van der Waals surface area contributed by atoms with Gasteiger partial charge in [-0.2, -0.15) is 0 Å². The number of halogens is 1. The molecule has 0 aliphatic rings. The fourth-order valence-electron chi connectivity index (χ4n) is 2.60. The first-order valence-electron chi connectivity index (χ1n) is 7.93. The Morgan fingerprint density at radius 1 is 0.957 bits per heavy atom. The van der Waals surface area contributed by atoms with Crippen LogP contribution in [0.2, 0.25) is 0 Å². The van der Waals surface area contributed by atoms with Crippen LogP contribution in [0.1, 0.15) is 40.5 Å². The van der Waals surface area contributed by atoms with Crippen LogP contribution in [0.25, 0.3) is 0 Å². The van der Waals surface area contributed by atoms with Gasteiger partial charge >= 0.3 is 5.97 Å². The molecule has 1 rings (SSSR count). The van der Waals surface area contributed by atoms with Gasteiger partial charge in [0.1, 0.15) is 5.75 Å². The Balaban J connectivity index is 2.90. The summed E-state index contributed by atoms with van der Waals surface area (Å²) in [4.78, 5) is 12.6. The molecule has 0 aliphatic carbocycles. The maximum absolute atomic E-state index is 12.6. The summed E-state index contributed by atoms with van der Waals surface area (Å²) in [7, 11) is 0. The molecule has 126 valence electrons. The minimum atomic E-state index is -0.533. The van der Waals surface area contributed by atoms with E-state index in [2.05, 4.69) is 29.8 Å². The molecule has 0 atom stereocenters. The van der Waals surface area contributed by atoms with Gasteiger partial charge in [0.15, 0.2) is 0 Å². The molecule has 0 saturated heterocycles. The van der Waals surface area contributed by atoms with E-state index in [1.807, 2.05) is 56.3 Å². The number of hydrogen-bond donors (Lipinski definition) is 0. The smallest absolute Gasteiger partial charge is 0.316 e. The lowest BCUT2D eigenvalue weighted by Crippen LogP contribution is -2.34. The molecular weight excluding hydrogens is 352 g/mol. The zero-order valence-electron chi connectivity index (χ0n) is 14.5. The Morgan fingerprint density at radius 2 is 1.43 bits per heavy atom. The molecule has 1 aromatic rings. The summed E-state index contributed by atoms with van der Waals surface area (Å²) < 4.78 is 5.63. The summed E-state index contributed by atoms with van der Waals surface area (Å²) in [5, 5.41) is 0.934. The molecule has 0 N–H and O–H groups in total. The molecule has 0 spiro atoms. The van der Waals surface area contributed by atoms with Gasteiger partial charge in [0, 0.05) is 5.33 Å². The maximum atomic E-state index is 12.6. The molecule has 23 heavy (non-hydrogen) atoms. The monoisotopic (exact) mass is 378 g/mol. The summed E-state index contributed by atoms with van der Waals surface area (Å²) in [5.74, 6) is 0.360. The van der Waals surface area contributed by atoms with Crippen molar-refractivity contribution in [1.29, 1.82) is 0 Å². The fourth-order valence-corrected chi connectivity index (χ4v) is 3.68. The van der Waals surface area contributed by atoms with Crippen molar-refractivity contribution in [2.24, 2.45) is 10.8 Å². The van der Waals surface area contributed by atoms with E-state index in [4.69, 9.17) is 4.74 Å². The van der Waals surface area contributed by atoms with Gasteiger partial charge in [0.05, 0.1) is 5.41 Å². The van der Waals surface area contributed by atoms with Crippen molar-refractivity contribution in [2.75, 3.05) is 5.33 Å². The second-order valence-electron chi connectivity index (χ2n) is 7.14. The number of ether oxygens (including phenoxy) is 1. The highest BCUT2D eigenvalue weighted by Crippen LogP contribution is 2.37. The quantitative estimate of drug-likeness (QED) is 0.451. The molecule has 3 heteroatoms. The van der Waals surface area contributed by atoms with Crippen molar-refractivity contribution in [3.8, 4) is 5.75 Å². The molecule has 0 fully saturated rings. The Hall–Kier alpha value is -1.35. The number of esters is 1. The summed E-state index contributed by atoms with van der Waals surface area (Å²) in [6.07, 6.45) is 1.80. The summed E-state index contributed by atoms with van der Waals surface area (Å²) in [6.45, 7) is 8.28. The van der Waals surface area contributed by atoms with Gasteiger partial charge in [-0.05, 0) is 44.2 Å². The third kappa shape index (κ3) is 7.65. The lowest BCUT2D eigenvalue weighted by atomic mass is 9.74.